The van der Waals surface area contributed by atoms with E-state index in [1.54, 1.807) is 0 Å². The van der Waals surface area contributed by atoms with Crippen LogP contribution in [0.2, 0.25) is 0 Å². The molecule has 0 saturated heterocycles. The molecule has 0 radical (unpaired) electrons. The van der Waals surface area contributed by atoms with Gasteiger partial charge < -0.3 is 76.6 Å². The van der Waals surface area contributed by atoms with Gasteiger partial charge in [-0.25, -0.2) is 0 Å². The standard InChI is InChI=1S/C61H94O30/c1-47(2,32(62)63)18-49(5,34(66)67)20-51(7,36(70)71)22-53(9,38(74)75)24-55(11,40(78)79)26-57(13,42(82)83)28-59(15,44(86)87)30-61(17,46(90)91)31-60(16,45(88)89)29-58(14,43(84)85)27-56(12,41(80)81)25-54(10,39(76)77)23-52(8,37(72)73)21-50(6,35(68)69)19-48(3,4)33(64)65/h18-31H2,1-17H3,(H,62,63)(H,64,65)(H,66,67)(H,68,69)(H,70,71)(H,72,73)(H,74,75)(H,76,77)(H,78,79)(H,80,81)(H,82,83)(H,84,85)(H,86,87)(H,88,89)(H,90,91). The van der Waals surface area contributed by atoms with Crippen molar-refractivity contribution < 1.29 is 149 Å². The van der Waals surface area contributed by atoms with Crippen LogP contribution in [0.15, 0.2) is 0 Å². The maximum absolute atomic E-state index is 13.6. The average molecular weight is 1310 g/mol. The summed E-state index contributed by atoms with van der Waals surface area (Å²) in [6.45, 7) is 16.3. The van der Waals surface area contributed by atoms with E-state index < -0.39 is 261 Å². The van der Waals surface area contributed by atoms with E-state index in [-0.39, 0.29) is 0 Å². The van der Waals surface area contributed by atoms with E-state index in [4.69, 9.17) is 0 Å². The van der Waals surface area contributed by atoms with Crippen LogP contribution in [-0.2, 0) is 71.9 Å². The average Bonchev–Trinajstić information content (AvgIpc) is 0.790. The van der Waals surface area contributed by atoms with Gasteiger partial charge >= 0.3 is 89.5 Å². The predicted molar refractivity (Wildman–Crippen MR) is 312 cm³/mol. The first kappa shape index (κ1) is 83.1. The summed E-state index contributed by atoms with van der Waals surface area (Å²) in [5, 5.41) is 159. The van der Waals surface area contributed by atoms with Crippen molar-refractivity contribution in [2.24, 2.45) is 81.2 Å². The highest BCUT2D eigenvalue weighted by Crippen LogP contribution is 2.58. The quantitative estimate of drug-likeness (QED) is 0.0276. The number of hydrogen-bond acceptors (Lipinski definition) is 15. The molecule has 91 heavy (non-hydrogen) atoms. The summed E-state index contributed by atoms with van der Waals surface area (Å²) in [5.41, 5.74) is -36.5. The van der Waals surface area contributed by atoms with E-state index in [1.807, 2.05) is 0 Å². The van der Waals surface area contributed by atoms with Gasteiger partial charge in [0.15, 0.2) is 0 Å². The molecule has 0 fully saturated rings. The fraction of sp³-hybridized carbons (Fsp3) is 0.754. The first-order chi connectivity index (χ1) is 40.1. The lowest BCUT2D eigenvalue weighted by Gasteiger charge is -2.46. The number of carboxylic acid groups (broad SMARTS) is 15. The zero-order valence-electron chi connectivity index (χ0n) is 54.7. The third-order valence-corrected chi connectivity index (χ3v) is 18.9. The second-order valence-electron chi connectivity index (χ2n) is 31.1. The third-order valence-electron chi connectivity index (χ3n) is 18.9. The van der Waals surface area contributed by atoms with E-state index >= 15 is 0 Å². The molecule has 12 unspecified atom stereocenters. The summed E-state index contributed by atoms with van der Waals surface area (Å²) in [5.74, 6) is -27.3. The molecule has 15 N–H and O–H groups in total. The van der Waals surface area contributed by atoms with Crippen LogP contribution in [0, 0.1) is 81.2 Å². The second kappa shape index (κ2) is 27.1. The van der Waals surface area contributed by atoms with Crippen LogP contribution < -0.4 is 0 Å². The Kier molecular flexibility index (Phi) is 24.7. The SMILES string of the molecule is CC(C)(CC(C)(CC(C)(CC(C)(CC(C)(CC(C)(CC(C)(CC(C)(CC(C)(CC(C)(CC(C)(CC(C)(CC(C)(CC(C)(CC(C)(C)C(=O)O)C(=O)O)C(=O)O)C(=O)O)C(=O)O)C(=O)O)C(=O)O)C(=O)O)C(=O)O)C(=O)O)C(=O)O)C(=O)O)C(=O)O)C(=O)O)C(=O)O. The van der Waals surface area contributed by atoms with Gasteiger partial charge in [0.05, 0.1) is 81.2 Å². The largest absolute Gasteiger partial charge is 0.481 e. The molecule has 30 heteroatoms. The summed E-state index contributed by atoms with van der Waals surface area (Å²) >= 11 is 0. The van der Waals surface area contributed by atoms with E-state index in [1.165, 1.54) is 0 Å². The van der Waals surface area contributed by atoms with Crippen molar-refractivity contribution in [3.05, 3.63) is 0 Å². The monoisotopic (exact) mass is 1310 g/mol. The molecular weight excluding hydrogens is 1210 g/mol. The van der Waals surface area contributed by atoms with Crippen LogP contribution in [-0.4, -0.2) is 166 Å². The lowest BCUT2D eigenvalue weighted by molar-refractivity contribution is -0.172. The summed E-state index contributed by atoms with van der Waals surface area (Å²) < 4.78 is 0. The second-order valence-corrected chi connectivity index (χ2v) is 31.1. The summed E-state index contributed by atoms with van der Waals surface area (Å²) in [6, 6.07) is 0. The van der Waals surface area contributed by atoms with Crippen molar-refractivity contribution in [1.29, 1.82) is 0 Å². The summed E-state index contributed by atoms with van der Waals surface area (Å²) in [6.07, 6.45) is -15.1. The number of aliphatic carboxylic acids is 15. The maximum Gasteiger partial charge on any atom is 0.309 e. The van der Waals surface area contributed by atoms with E-state index in [0.717, 1.165) is 118 Å². The zero-order chi connectivity index (χ0) is 73.1. The smallest absolute Gasteiger partial charge is 0.309 e. The summed E-state index contributed by atoms with van der Waals surface area (Å²) in [4.78, 5) is 197. The third kappa shape index (κ3) is 19.1. The lowest BCUT2D eigenvalue weighted by Crippen LogP contribution is -2.51. The Balaban J connectivity index is 8.01. The number of carbonyl (C=O) groups is 15. The molecule has 518 valence electrons. The molecule has 0 heterocycles. The number of hydrogen-bond donors (Lipinski definition) is 15. The molecule has 0 rings (SSSR count). The van der Waals surface area contributed by atoms with Gasteiger partial charge in [-0.1, -0.05) is 0 Å². The first-order valence-corrected chi connectivity index (χ1v) is 28.6. The minimum atomic E-state index is -2.70. The fourth-order valence-electron chi connectivity index (χ4n) is 15.2. The van der Waals surface area contributed by atoms with E-state index in [9.17, 15) is 149 Å². The van der Waals surface area contributed by atoms with Gasteiger partial charge in [0.1, 0.15) is 0 Å². The molecule has 0 amide bonds. The van der Waals surface area contributed by atoms with Crippen LogP contribution >= 0.6 is 0 Å². The molecule has 0 aromatic heterocycles. The number of rotatable bonds is 43. The van der Waals surface area contributed by atoms with Gasteiger partial charge in [-0.2, -0.15) is 0 Å². The Labute approximate surface area is 525 Å². The number of carboxylic acids is 15. The molecule has 30 nitrogen and oxygen atoms in total. The van der Waals surface area contributed by atoms with Crippen molar-refractivity contribution >= 4 is 89.5 Å². The molecule has 0 aliphatic carbocycles. The van der Waals surface area contributed by atoms with Crippen LogP contribution in [0.4, 0.5) is 0 Å². The maximum atomic E-state index is 13.6. The molecule has 0 aromatic carbocycles. The Hall–Kier alpha value is -7.95. The Morgan fingerprint density at radius 3 is 0.264 bits per heavy atom. The molecule has 12 atom stereocenters. The Bertz CT molecular complexity index is 2780. The highest BCUT2D eigenvalue weighted by molar-refractivity contribution is 5.87. The van der Waals surface area contributed by atoms with Crippen LogP contribution in [0.3, 0.4) is 0 Å². The molecule has 0 aliphatic heterocycles. The van der Waals surface area contributed by atoms with E-state index in [0.29, 0.717) is 0 Å². The van der Waals surface area contributed by atoms with Crippen LogP contribution in [0.25, 0.3) is 0 Å². The van der Waals surface area contributed by atoms with Crippen molar-refractivity contribution in [3.63, 3.8) is 0 Å². The molecule has 0 aliphatic rings. The first-order valence-electron chi connectivity index (χ1n) is 28.6. The van der Waals surface area contributed by atoms with Gasteiger partial charge in [-0.15, -0.1) is 0 Å². The van der Waals surface area contributed by atoms with Gasteiger partial charge in [-0.3, -0.25) is 71.9 Å². The minimum Gasteiger partial charge on any atom is -0.481 e. The Morgan fingerprint density at radius 2 is 0.209 bits per heavy atom. The molecule has 0 saturated carbocycles. The van der Waals surface area contributed by atoms with Crippen LogP contribution in [0.5, 0.6) is 0 Å². The Morgan fingerprint density at radius 1 is 0.143 bits per heavy atom. The zero-order valence-corrected chi connectivity index (χ0v) is 54.7. The predicted octanol–water partition coefficient (Wildman–Crippen LogP) is 7.85. The van der Waals surface area contributed by atoms with Crippen molar-refractivity contribution in [2.45, 2.75) is 208 Å². The summed E-state index contributed by atoms with van der Waals surface area (Å²) in [7, 11) is 0. The van der Waals surface area contributed by atoms with E-state index in [2.05, 4.69) is 0 Å². The van der Waals surface area contributed by atoms with Gasteiger partial charge in [0.25, 0.3) is 0 Å². The fourth-order valence-corrected chi connectivity index (χ4v) is 15.2. The van der Waals surface area contributed by atoms with Gasteiger partial charge in [-0.05, 0) is 208 Å². The molecule has 0 bridgehead atoms. The normalized spacial score (nSPS) is 20.8. The molecule has 0 aromatic rings. The van der Waals surface area contributed by atoms with Gasteiger partial charge in [0, 0.05) is 0 Å². The van der Waals surface area contributed by atoms with Gasteiger partial charge in [0.2, 0.25) is 0 Å². The minimum absolute atomic E-state index is 0.690. The molecular formula is C61H94O30. The van der Waals surface area contributed by atoms with Crippen molar-refractivity contribution in [2.75, 3.05) is 0 Å². The van der Waals surface area contributed by atoms with Crippen molar-refractivity contribution in [3.8, 4) is 0 Å². The highest BCUT2D eigenvalue weighted by atomic mass is 16.4. The lowest BCUT2D eigenvalue weighted by atomic mass is 9.55. The van der Waals surface area contributed by atoms with Crippen LogP contribution in [0.1, 0.15) is 208 Å². The highest BCUT2D eigenvalue weighted by Gasteiger charge is 2.62. The topological polar surface area (TPSA) is 560 Å². The molecule has 0 spiro atoms. The van der Waals surface area contributed by atoms with Crippen molar-refractivity contribution in [1.82, 2.24) is 0 Å².